The van der Waals surface area contributed by atoms with Crippen molar-refractivity contribution in [2.45, 2.75) is 50.0 Å². The fourth-order valence-electron chi connectivity index (χ4n) is 4.20. The van der Waals surface area contributed by atoms with Gasteiger partial charge < -0.3 is 52.6 Å². The molecule has 0 aliphatic carbocycles. The summed E-state index contributed by atoms with van der Waals surface area (Å²) in [7, 11) is 0. The molecule has 0 radical (unpaired) electrons. The highest BCUT2D eigenvalue weighted by atomic mass is 32.1. The van der Waals surface area contributed by atoms with E-state index in [9.17, 15) is 43.5 Å². The lowest BCUT2D eigenvalue weighted by atomic mass is 10.1. The quantitative estimate of drug-likeness (QED) is 0.0555. The molecule has 0 aliphatic heterocycles. The third-order valence-corrected chi connectivity index (χ3v) is 7.31. The first-order valence-corrected chi connectivity index (χ1v) is 15.6. The van der Waals surface area contributed by atoms with Crippen molar-refractivity contribution < 1.29 is 48.9 Å². The Kier molecular flexibility index (Phi) is 14.3. The number of rotatable bonds is 19. The molecule has 3 rings (SSSR count). The van der Waals surface area contributed by atoms with Gasteiger partial charge in [-0.05, 0) is 30.7 Å². The molecule has 2 aromatic heterocycles. The first-order valence-electron chi connectivity index (χ1n) is 14.9. The van der Waals surface area contributed by atoms with Crippen molar-refractivity contribution in [3.8, 4) is 0 Å². The van der Waals surface area contributed by atoms with Gasteiger partial charge in [-0.15, -0.1) is 0 Å². The van der Waals surface area contributed by atoms with Crippen LogP contribution in [0.3, 0.4) is 0 Å². The fourth-order valence-corrected chi connectivity index (χ4v) is 4.45. The first-order chi connectivity index (χ1) is 24.2. The van der Waals surface area contributed by atoms with Crippen LogP contribution in [-0.2, 0) is 35.3 Å². The van der Waals surface area contributed by atoms with Gasteiger partial charge in [0, 0.05) is 30.0 Å². The van der Waals surface area contributed by atoms with Crippen molar-refractivity contribution in [2.75, 3.05) is 17.6 Å². The van der Waals surface area contributed by atoms with Crippen molar-refractivity contribution >= 4 is 71.0 Å². The van der Waals surface area contributed by atoms with E-state index in [0.29, 0.717) is 11.4 Å². The molecule has 0 spiro atoms. The van der Waals surface area contributed by atoms with E-state index in [4.69, 9.17) is 15.9 Å². The number of carbonyl (C=O) groups is 7. The second kappa shape index (κ2) is 18.6. The summed E-state index contributed by atoms with van der Waals surface area (Å²) in [6.45, 7) is -0.302. The summed E-state index contributed by atoms with van der Waals surface area (Å²) in [5.74, 6) is -8.25. The number of aromatic nitrogens is 4. The Labute approximate surface area is 292 Å². The van der Waals surface area contributed by atoms with Crippen molar-refractivity contribution in [2.24, 2.45) is 5.73 Å². The van der Waals surface area contributed by atoms with Crippen LogP contribution in [0.2, 0.25) is 0 Å². The number of carbonyl (C=O) groups excluding carboxylic acids is 4. The average molecular weight is 731 g/mol. The summed E-state index contributed by atoms with van der Waals surface area (Å²) in [6.07, 6.45) is 1.03. The first kappa shape index (κ1) is 39.3. The van der Waals surface area contributed by atoms with Gasteiger partial charge in [-0.2, -0.15) is 12.6 Å². The van der Waals surface area contributed by atoms with Crippen LogP contribution in [0.4, 0.5) is 5.69 Å². The second-order valence-electron chi connectivity index (χ2n) is 10.8. The molecule has 11 N–H and O–H groups in total. The molecule has 0 aliphatic rings. The smallest absolute Gasteiger partial charge is 0.327 e. The molecule has 2 heterocycles. The third-order valence-electron chi connectivity index (χ3n) is 6.95. The summed E-state index contributed by atoms with van der Waals surface area (Å²) in [4.78, 5) is 111. The molecule has 21 nitrogen and oxygen atoms in total. The number of hydrogen-bond donors (Lipinski definition) is 11. The fraction of sp³-hybridized carbons (Fsp3) is 0.345. The van der Waals surface area contributed by atoms with Crippen LogP contribution in [0.15, 0.2) is 41.6 Å². The van der Waals surface area contributed by atoms with Crippen molar-refractivity contribution in [3.63, 3.8) is 0 Å². The number of hydrogen-bond acceptors (Lipinski definition) is 14. The normalized spacial score (nSPS) is 13.1. The van der Waals surface area contributed by atoms with Crippen molar-refractivity contribution in [1.29, 1.82) is 0 Å². The number of benzene rings is 1. The molecule has 4 amide bonds. The summed E-state index contributed by atoms with van der Waals surface area (Å²) < 4.78 is 0. The maximum absolute atomic E-state index is 12.7. The molecule has 4 atom stereocenters. The molecule has 0 bridgehead atoms. The van der Waals surface area contributed by atoms with Gasteiger partial charge in [0.2, 0.25) is 17.7 Å². The minimum Gasteiger partial charge on any atom is -0.481 e. The minimum atomic E-state index is -1.69. The molecule has 0 saturated carbocycles. The molecule has 1 aromatic carbocycles. The van der Waals surface area contributed by atoms with Gasteiger partial charge in [0.1, 0.15) is 24.2 Å². The highest BCUT2D eigenvalue weighted by Crippen LogP contribution is 2.12. The standard InChI is InChI=1S/C29H34N10O11S/c30-16(25(44)38-18(7-21(41)42)26(45)39-19(11-51)29(49)50)10-32-20(40)6-5-17(28(47)48)37-24(43)13-1-3-14(4-2-13)31-8-15-9-33-23-22(36-15)27(46)35-12-34-23/h1-4,9,12,16-19,31,51H,5-8,10-11,30H2,(H,32,40)(H,37,43)(H,38,44)(H,39,45)(H,41,42)(H,47,48)(H,49,50)(H,33,34,35,46)/t16-,17+,18-,19-/m0/s1. The number of nitrogens with two attached hydrogens (primary N) is 1. The van der Waals surface area contributed by atoms with Crippen molar-refractivity contribution in [3.05, 3.63) is 58.4 Å². The molecular formula is C29H34N10O11S. The van der Waals surface area contributed by atoms with Crippen LogP contribution < -0.4 is 37.9 Å². The van der Waals surface area contributed by atoms with Crippen LogP contribution in [0.1, 0.15) is 35.3 Å². The van der Waals surface area contributed by atoms with E-state index >= 15 is 0 Å². The molecule has 3 aromatic rings. The second-order valence-corrected chi connectivity index (χ2v) is 11.1. The lowest BCUT2D eigenvalue weighted by Gasteiger charge is -2.21. The van der Waals surface area contributed by atoms with E-state index in [0.717, 1.165) is 0 Å². The van der Waals surface area contributed by atoms with Crippen LogP contribution in [0.25, 0.3) is 11.2 Å². The summed E-state index contributed by atoms with van der Waals surface area (Å²) in [5.41, 5.74) is 6.74. The molecule has 272 valence electrons. The Balaban J connectivity index is 1.47. The highest BCUT2D eigenvalue weighted by Gasteiger charge is 2.29. The molecule has 51 heavy (non-hydrogen) atoms. The van der Waals surface area contributed by atoms with Gasteiger partial charge in [0.15, 0.2) is 11.2 Å². The summed E-state index contributed by atoms with van der Waals surface area (Å²) >= 11 is 3.79. The monoisotopic (exact) mass is 730 g/mol. The summed E-state index contributed by atoms with van der Waals surface area (Å²) in [6, 6.07) is -0.101. The maximum atomic E-state index is 12.7. The van der Waals surface area contributed by atoms with Crippen LogP contribution in [0.5, 0.6) is 0 Å². The topological polar surface area (TPSA) is 338 Å². The number of thiol groups is 1. The predicted molar refractivity (Wildman–Crippen MR) is 178 cm³/mol. The predicted octanol–water partition coefficient (Wildman–Crippen LogP) is -2.81. The van der Waals surface area contributed by atoms with Gasteiger partial charge in [-0.1, -0.05) is 0 Å². The number of nitrogens with zero attached hydrogens (tertiary/aromatic N) is 3. The lowest BCUT2D eigenvalue weighted by Crippen LogP contribution is -2.57. The molecular weight excluding hydrogens is 696 g/mol. The van der Waals surface area contributed by atoms with Gasteiger partial charge in [0.25, 0.3) is 11.5 Å². The van der Waals surface area contributed by atoms with Gasteiger partial charge >= 0.3 is 17.9 Å². The third kappa shape index (κ3) is 12.0. The number of fused-ring (bicyclic) bond motifs is 1. The maximum Gasteiger partial charge on any atom is 0.327 e. The SMILES string of the molecule is N[C@@H](CNC(=O)CC[C@@H](NC(=O)c1ccc(NCc2cnc3nc[nH]c(=O)c3n2)cc1)C(=O)O)C(=O)N[C@@H](CC(=O)O)C(=O)N[C@@H](CS)C(=O)O. The van der Waals surface area contributed by atoms with E-state index in [1.807, 2.05) is 5.32 Å². The number of amides is 4. The van der Waals surface area contributed by atoms with E-state index in [2.05, 4.69) is 53.8 Å². The zero-order valence-corrected chi connectivity index (χ0v) is 27.4. The van der Waals surface area contributed by atoms with Crippen LogP contribution >= 0.6 is 12.6 Å². The van der Waals surface area contributed by atoms with E-state index in [1.54, 1.807) is 12.1 Å². The number of aliphatic carboxylic acids is 3. The molecule has 22 heteroatoms. The van der Waals surface area contributed by atoms with Crippen molar-refractivity contribution in [1.82, 2.24) is 41.2 Å². The Hall–Kier alpha value is -6.16. The van der Waals surface area contributed by atoms with E-state index in [1.165, 1.54) is 24.7 Å². The van der Waals surface area contributed by atoms with Crippen LogP contribution in [0, 0.1) is 0 Å². The zero-order chi connectivity index (χ0) is 37.7. The highest BCUT2D eigenvalue weighted by molar-refractivity contribution is 7.80. The number of anilines is 1. The van der Waals surface area contributed by atoms with Gasteiger partial charge in [-0.3, -0.25) is 28.8 Å². The minimum absolute atomic E-state index is 0.0797. The Morgan fingerprint density at radius 1 is 0.882 bits per heavy atom. The summed E-state index contributed by atoms with van der Waals surface area (Å²) in [5, 5.41) is 39.6. The zero-order valence-electron chi connectivity index (χ0n) is 26.5. The number of H-pyrrole nitrogens is 1. The Morgan fingerprint density at radius 2 is 1.55 bits per heavy atom. The average Bonchev–Trinajstić information content (AvgIpc) is 3.09. The number of carboxylic acid groups (broad SMARTS) is 3. The van der Waals surface area contributed by atoms with E-state index < -0.39 is 90.6 Å². The van der Waals surface area contributed by atoms with Gasteiger partial charge in [-0.25, -0.2) is 24.5 Å². The van der Waals surface area contributed by atoms with Crippen LogP contribution in [-0.4, -0.2) is 113 Å². The number of carboxylic acids is 3. The number of nitrogens with one attached hydrogen (secondary N) is 6. The Morgan fingerprint density at radius 3 is 2.18 bits per heavy atom. The number of aromatic amines is 1. The molecule has 0 saturated heterocycles. The Bertz CT molecular complexity index is 1840. The van der Waals surface area contributed by atoms with Gasteiger partial charge in [0.05, 0.1) is 31.2 Å². The lowest BCUT2D eigenvalue weighted by molar-refractivity contribution is -0.143. The van der Waals surface area contributed by atoms with E-state index in [-0.39, 0.29) is 35.4 Å². The molecule has 0 unspecified atom stereocenters. The molecule has 0 fully saturated rings. The largest absolute Gasteiger partial charge is 0.481 e.